The van der Waals surface area contributed by atoms with E-state index in [-0.39, 0.29) is 35.0 Å². The minimum atomic E-state index is -3.91. The number of phenols is 1. The number of nitrogen functional groups attached to an aromatic ring is 1. The maximum atomic E-state index is 13.5. The second-order valence-electron chi connectivity index (χ2n) is 7.87. The number of phenolic OH excluding ortho intramolecular Hbond substituents is 1. The van der Waals surface area contributed by atoms with Gasteiger partial charge in [-0.15, -0.1) is 0 Å². The fourth-order valence-corrected chi connectivity index (χ4v) is 5.38. The predicted octanol–water partition coefficient (Wildman–Crippen LogP) is 3.62. The lowest BCUT2D eigenvalue weighted by molar-refractivity contribution is 0.196. The van der Waals surface area contributed by atoms with Gasteiger partial charge in [0.15, 0.2) is 11.5 Å². The second kappa shape index (κ2) is 10.7. The van der Waals surface area contributed by atoms with Crippen LogP contribution in [0.1, 0.15) is 29.7 Å². The zero-order valence-electron chi connectivity index (χ0n) is 19.4. The molecule has 0 saturated heterocycles. The topological polar surface area (TPSA) is 122 Å². The van der Waals surface area contributed by atoms with Crippen molar-refractivity contribution in [2.75, 3.05) is 30.8 Å². The van der Waals surface area contributed by atoms with Crippen LogP contribution in [-0.2, 0) is 22.2 Å². The van der Waals surface area contributed by atoms with Gasteiger partial charge in [0, 0.05) is 17.8 Å². The largest absolute Gasteiger partial charge is 0.505 e. The van der Waals surface area contributed by atoms with E-state index >= 15 is 0 Å². The highest BCUT2D eigenvalue weighted by molar-refractivity contribution is 7.92. The van der Waals surface area contributed by atoms with Gasteiger partial charge in [-0.25, -0.2) is 8.42 Å². The molecule has 0 aliphatic rings. The van der Waals surface area contributed by atoms with Crippen molar-refractivity contribution in [2.24, 2.45) is 0 Å². The van der Waals surface area contributed by atoms with Crippen LogP contribution >= 0.6 is 0 Å². The number of rotatable bonds is 10. The Kier molecular flexibility index (Phi) is 7.90. The van der Waals surface area contributed by atoms with Crippen molar-refractivity contribution < 1.29 is 28.1 Å². The fraction of sp³-hybridized carbons (Fsp3) is 0.280. The number of anilines is 2. The molecule has 0 saturated carbocycles. The van der Waals surface area contributed by atoms with Crippen LogP contribution in [0.5, 0.6) is 17.2 Å². The number of aliphatic hydroxyl groups is 1. The van der Waals surface area contributed by atoms with Crippen molar-refractivity contribution in [2.45, 2.75) is 25.2 Å². The smallest absolute Gasteiger partial charge is 0.239 e. The summed E-state index contributed by atoms with van der Waals surface area (Å²) in [5, 5.41) is 21.0. The summed E-state index contributed by atoms with van der Waals surface area (Å²) in [6.07, 6.45) is -0.744. The van der Waals surface area contributed by atoms with E-state index in [1.54, 1.807) is 43.5 Å². The van der Waals surface area contributed by atoms with E-state index < -0.39 is 16.1 Å². The Morgan fingerprint density at radius 2 is 1.65 bits per heavy atom. The molecular formula is C25H30N2O6S. The maximum Gasteiger partial charge on any atom is 0.239 e. The molecule has 3 aromatic rings. The van der Waals surface area contributed by atoms with Crippen LogP contribution in [0, 0.1) is 0 Å². The van der Waals surface area contributed by atoms with Gasteiger partial charge in [-0.3, -0.25) is 4.31 Å². The molecule has 4 N–H and O–H groups in total. The summed E-state index contributed by atoms with van der Waals surface area (Å²) in [4.78, 5) is 0. The first-order chi connectivity index (χ1) is 16.2. The van der Waals surface area contributed by atoms with Crippen molar-refractivity contribution in [3.63, 3.8) is 0 Å². The van der Waals surface area contributed by atoms with Crippen LogP contribution in [0.4, 0.5) is 11.4 Å². The Labute approximate surface area is 200 Å². The number of nitrogens with two attached hydrogens (primary N) is 1. The van der Waals surface area contributed by atoms with Gasteiger partial charge in [0.05, 0.1) is 31.8 Å². The highest BCUT2D eigenvalue weighted by atomic mass is 32.2. The van der Waals surface area contributed by atoms with Crippen LogP contribution in [0.15, 0.2) is 60.7 Å². The number of hydrogen-bond acceptors (Lipinski definition) is 7. The van der Waals surface area contributed by atoms with Gasteiger partial charge in [-0.1, -0.05) is 36.4 Å². The zero-order chi connectivity index (χ0) is 24.9. The summed E-state index contributed by atoms with van der Waals surface area (Å²) in [5.74, 6) is 0.482. The van der Waals surface area contributed by atoms with Gasteiger partial charge in [-0.2, -0.15) is 0 Å². The first-order valence-corrected chi connectivity index (χ1v) is 12.3. The molecule has 0 aromatic heterocycles. The molecule has 0 aliphatic carbocycles. The minimum Gasteiger partial charge on any atom is -0.505 e. The molecule has 0 aliphatic heterocycles. The summed E-state index contributed by atoms with van der Waals surface area (Å²) >= 11 is 0. The molecule has 8 nitrogen and oxygen atoms in total. The number of sulfonamides is 1. The molecule has 0 radical (unpaired) electrons. The molecular weight excluding hydrogens is 456 g/mol. The number of benzene rings is 3. The SMILES string of the molecule is COc1ccc(CCN(c2ccc(N)c(C(C)O)c2O)S(=O)(=O)Cc2ccccc2)cc1OC. The number of aliphatic hydroxyl groups excluding tert-OH is 1. The van der Waals surface area contributed by atoms with Crippen molar-refractivity contribution in [1.82, 2.24) is 0 Å². The van der Waals surface area contributed by atoms with Crippen molar-refractivity contribution in [3.8, 4) is 17.2 Å². The molecule has 0 amide bonds. The lowest BCUT2D eigenvalue weighted by Gasteiger charge is -2.27. The molecule has 34 heavy (non-hydrogen) atoms. The van der Waals surface area contributed by atoms with Gasteiger partial charge in [0.1, 0.15) is 5.75 Å². The Balaban J connectivity index is 2.02. The molecule has 3 rings (SSSR count). The summed E-state index contributed by atoms with van der Waals surface area (Å²) in [6.45, 7) is 1.50. The number of methoxy groups -OCH3 is 2. The van der Waals surface area contributed by atoms with Crippen molar-refractivity contribution in [3.05, 3.63) is 77.4 Å². The fourth-order valence-electron chi connectivity index (χ4n) is 3.79. The van der Waals surface area contributed by atoms with E-state index in [0.29, 0.717) is 23.5 Å². The van der Waals surface area contributed by atoms with Crippen LogP contribution in [0.25, 0.3) is 0 Å². The Morgan fingerprint density at radius 3 is 2.26 bits per heavy atom. The average molecular weight is 487 g/mol. The second-order valence-corrected chi connectivity index (χ2v) is 9.76. The van der Waals surface area contributed by atoms with Crippen molar-refractivity contribution in [1.29, 1.82) is 0 Å². The lowest BCUT2D eigenvalue weighted by atomic mass is 10.1. The molecule has 182 valence electrons. The van der Waals surface area contributed by atoms with E-state index in [9.17, 15) is 18.6 Å². The summed E-state index contributed by atoms with van der Waals surface area (Å²) in [5.41, 5.74) is 7.69. The van der Waals surface area contributed by atoms with Crippen LogP contribution in [0.2, 0.25) is 0 Å². The number of nitrogens with zero attached hydrogens (tertiary/aromatic N) is 1. The van der Waals surface area contributed by atoms with Gasteiger partial charge in [0.25, 0.3) is 0 Å². The van der Waals surface area contributed by atoms with Crippen molar-refractivity contribution >= 4 is 21.4 Å². The first kappa shape index (κ1) is 25.2. The number of aromatic hydroxyl groups is 1. The molecule has 0 bridgehead atoms. The Hall–Kier alpha value is -3.43. The first-order valence-electron chi connectivity index (χ1n) is 10.7. The van der Waals surface area contributed by atoms with Gasteiger partial charge in [-0.05, 0) is 48.7 Å². The van der Waals surface area contributed by atoms with E-state index in [1.807, 2.05) is 12.1 Å². The maximum absolute atomic E-state index is 13.5. The van der Waals surface area contributed by atoms with E-state index in [4.69, 9.17) is 15.2 Å². The zero-order valence-corrected chi connectivity index (χ0v) is 20.2. The normalized spacial score (nSPS) is 12.2. The third kappa shape index (κ3) is 5.55. The lowest BCUT2D eigenvalue weighted by Crippen LogP contribution is -2.34. The predicted molar refractivity (Wildman–Crippen MR) is 133 cm³/mol. The Bertz CT molecular complexity index is 1230. The molecule has 0 fully saturated rings. The molecule has 9 heteroatoms. The summed E-state index contributed by atoms with van der Waals surface area (Å²) in [6, 6.07) is 17.1. The quantitative estimate of drug-likeness (QED) is 0.374. The van der Waals surface area contributed by atoms with E-state index in [1.165, 1.54) is 26.2 Å². The summed E-state index contributed by atoms with van der Waals surface area (Å²) < 4.78 is 38.9. The highest BCUT2D eigenvalue weighted by Crippen LogP contribution is 2.40. The standard InChI is InChI=1S/C25H30N2O6S/c1-17(28)24-20(26)10-11-21(25(24)29)27(34(30,31)16-19-7-5-4-6-8-19)14-13-18-9-12-22(32-2)23(15-18)33-3/h4-12,15,17,28-29H,13-14,16,26H2,1-3H3. The van der Waals surface area contributed by atoms with E-state index in [0.717, 1.165) is 9.87 Å². The monoisotopic (exact) mass is 486 g/mol. The number of hydrogen-bond donors (Lipinski definition) is 3. The molecule has 1 unspecified atom stereocenters. The summed E-state index contributed by atoms with van der Waals surface area (Å²) in [7, 11) is -0.839. The average Bonchev–Trinajstić information content (AvgIpc) is 2.80. The van der Waals surface area contributed by atoms with Gasteiger partial charge >= 0.3 is 0 Å². The minimum absolute atomic E-state index is 0.0430. The Morgan fingerprint density at radius 1 is 0.971 bits per heavy atom. The molecule has 0 heterocycles. The molecule has 1 atom stereocenters. The van der Waals surface area contributed by atoms with Gasteiger partial charge in [0.2, 0.25) is 10.0 Å². The third-order valence-corrected chi connectivity index (χ3v) is 7.24. The highest BCUT2D eigenvalue weighted by Gasteiger charge is 2.28. The third-order valence-electron chi connectivity index (χ3n) is 5.50. The van der Waals surface area contributed by atoms with Gasteiger partial charge < -0.3 is 25.4 Å². The van der Waals surface area contributed by atoms with Crippen LogP contribution in [-0.4, -0.2) is 39.4 Å². The van der Waals surface area contributed by atoms with Crippen LogP contribution < -0.4 is 19.5 Å². The van der Waals surface area contributed by atoms with Crippen LogP contribution in [0.3, 0.4) is 0 Å². The van der Waals surface area contributed by atoms with E-state index in [2.05, 4.69) is 0 Å². The number of ether oxygens (including phenoxy) is 2. The molecule has 0 spiro atoms. The molecule has 3 aromatic carbocycles.